The molecule has 2 rings (SSSR count). The number of hydrogen-bond acceptors (Lipinski definition) is 3. The van der Waals surface area contributed by atoms with Crippen LogP contribution in [0, 0.1) is 0 Å². The number of carbonyl (C=O) groups is 1. The number of pyridine rings is 1. The van der Waals surface area contributed by atoms with Crippen LogP contribution in [-0.2, 0) is 6.54 Å². The molecule has 8 heteroatoms. The third-order valence-corrected chi connectivity index (χ3v) is 2.58. The van der Waals surface area contributed by atoms with Gasteiger partial charge in [0.15, 0.2) is 0 Å². The van der Waals surface area contributed by atoms with Crippen LogP contribution in [0.25, 0.3) is 0 Å². The van der Waals surface area contributed by atoms with Crippen LogP contribution < -0.4 is 5.56 Å². The lowest BCUT2D eigenvalue weighted by Crippen LogP contribution is -2.39. The second-order valence-corrected chi connectivity index (χ2v) is 4.28. The van der Waals surface area contributed by atoms with E-state index in [1.54, 1.807) is 0 Å². The zero-order valence-corrected chi connectivity index (χ0v) is 10.7. The number of rotatable bonds is 4. The fourth-order valence-electron chi connectivity index (χ4n) is 1.75. The van der Waals surface area contributed by atoms with Gasteiger partial charge in [0.2, 0.25) is 5.56 Å². The van der Waals surface area contributed by atoms with Crippen molar-refractivity contribution >= 4 is 5.91 Å². The Balaban J connectivity index is 2.25. The van der Waals surface area contributed by atoms with E-state index >= 15 is 0 Å². The van der Waals surface area contributed by atoms with Gasteiger partial charge in [-0.25, -0.2) is 0 Å². The minimum Gasteiger partial charge on any atom is -0.467 e. The molecule has 5 nitrogen and oxygen atoms in total. The molecule has 0 radical (unpaired) electrons. The number of amides is 1. The highest BCUT2D eigenvalue weighted by atomic mass is 19.4. The Kier molecular flexibility index (Phi) is 4.15. The topological polar surface area (TPSA) is 66.3 Å². The summed E-state index contributed by atoms with van der Waals surface area (Å²) in [5.41, 5.74) is -0.774. The van der Waals surface area contributed by atoms with Gasteiger partial charge in [0.05, 0.1) is 12.8 Å². The van der Waals surface area contributed by atoms with Crippen molar-refractivity contribution in [3.05, 3.63) is 58.4 Å². The molecule has 0 aliphatic heterocycles. The largest absolute Gasteiger partial charge is 0.467 e. The maximum Gasteiger partial charge on any atom is 0.406 e. The number of alkyl halides is 3. The summed E-state index contributed by atoms with van der Waals surface area (Å²) in [6.45, 7) is -1.79. The molecule has 0 aliphatic rings. The van der Waals surface area contributed by atoms with Gasteiger partial charge in [0.25, 0.3) is 5.91 Å². The number of furan rings is 1. The smallest absolute Gasteiger partial charge is 0.406 e. The maximum atomic E-state index is 12.6. The molecule has 2 heterocycles. The average molecular weight is 300 g/mol. The number of nitrogens with zero attached hydrogens (tertiary/aromatic N) is 1. The first kappa shape index (κ1) is 14.9. The van der Waals surface area contributed by atoms with Crippen molar-refractivity contribution in [2.24, 2.45) is 0 Å². The lowest BCUT2D eigenvalue weighted by atomic mass is 10.3. The SMILES string of the molecule is O=C(c1cccc(=O)[nH]1)N(Cc1ccco1)CC(F)(F)F. The summed E-state index contributed by atoms with van der Waals surface area (Å²) in [6, 6.07) is 6.68. The number of halogens is 3. The van der Waals surface area contributed by atoms with Gasteiger partial charge in [-0.15, -0.1) is 0 Å². The van der Waals surface area contributed by atoms with Crippen LogP contribution in [0.5, 0.6) is 0 Å². The van der Waals surface area contributed by atoms with E-state index in [1.807, 2.05) is 0 Å². The van der Waals surface area contributed by atoms with E-state index in [0.29, 0.717) is 4.90 Å². The van der Waals surface area contributed by atoms with E-state index < -0.39 is 24.2 Å². The minimum absolute atomic E-state index is 0.210. The predicted octanol–water partition coefficient (Wildman–Crippen LogP) is 2.17. The van der Waals surface area contributed by atoms with Gasteiger partial charge in [-0.3, -0.25) is 9.59 Å². The van der Waals surface area contributed by atoms with Gasteiger partial charge < -0.3 is 14.3 Å². The molecule has 0 aliphatic carbocycles. The van der Waals surface area contributed by atoms with Crippen LogP contribution in [0.2, 0.25) is 0 Å². The normalized spacial score (nSPS) is 11.4. The van der Waals surface area contributed by atoms with Crippen molar-refractivity contribution in [1.29, 1.82) is 0 Å². The van der Waals surface area contributed by atoms with E-state index in [2.05, 4.69) is 4.98 Å². The molecule has 0 saturated heterocycles. The summed E-state index contributed by atoms with van der Waals surface area (Å²) >= 11 is 0. The van der Waals surface area contributed by atoms with Crippen molar-refractivity contribution in [3.63, 3.8) is 0 Å². The first-order valence-electron chi connectivity index (χ1n) is 5.93. The number of aromatic amines is 1. The molecule has 0 unspecified atom stereocenters. The van der Waals surface area contributed by atoms with Crippen molar-refractivity contribution < 1.29 is 22.4 Å². The Labute approximate surface area is 117 Å². The van der Waals surface area contributed by atoms with Gasteiger partial charge >= 0.3 is 6.18 Å². The van der Waals surface area contributed by atoms with Crippen molar-refractivity contribution in [2.45, 2.75) is 12.7 Å². The lowest BCUT2D eigenvalue weighted by Gasteiger charge is -2.22. The molecular formula is C13H11F3N2O3. The Morgan fingerprint density at radius 3 is 2.57 bits per heavy atom. The van der Waals surface area contributed by atoms with Crippen molar-refractivity contribution in [3.8, 4) is 0 Å². The molecule has 0 atom stereocenters. The molecule has 0 bridgehead atoms. The lowest BCUT2D eigenvalue weighted by molar-refractivity contribution is -0.142. The highest BCUT2D eigenvalue weighted by Gasteiger charge is 2.34. The quantitative estimate of drug-likeness (QED) is 0.941. The highest BCUT2D eigenvalue weighted by Crippen LogP contribution is 2.19. The Bertz CT molecular complexity index is 662. The molecule has 112 valence electrons. The molecule has 1 N–H and O–H groups in total. The van der Waals surface area contributed by atoms with Gasteiger partial charge in [-0.1, -0.05) is 6.07 Å². The minimum atomic E-state index is -4.56. The summed E-state index contributed by atoms with van der Waals surface area (Å²) in [6.07, 6.45) is -3.26. The summed E-state index contributed by atoms with van der Waals surface area (Å²) < 4.78 is 42.7. The average Bonchev–Trinajstić information content (AvgIpc) is 2.88. The first-order chi connectivity index (χ1) is 9.85. The van der Waals surface area contributed by atoms with E-state index in [0.717, 1.165) is 6.07 Å². The number of aromatic nitrogens is 1. The van der Waals surface area contributed by atoms with Crippen LogP contribution in [0.15, 0.2) is 45.8 Å². The number of H-pyrrole nitrogens is 1. The van der Waals surface area contributed by atoms with Crippen LogP contribution >= 0.6 is 0 Å². The molecule has 0 aromatic carbocycles. The summed E-state index contributed by atoms with van der Waals surface area (Å²) in [7, 11) is 0. The highest BCUT2D eigenvalue weighted by molar-refractivity contribution is 5.92. The van der Waals surface area contributed by atoms with E-state index in [9.17, 15) is 22.8 Å². The van der Waals surface area contributed by atoms with Crippen LogP contribution in [0.1, 0.15) is 16.2 Å². The van der Waals surface area contributed by atoms with Crippen molar-refractivity contribution in [2.75, 3.05) is 6.54 Å². The maximum absolute atomic E-state index is 12.6. The summed E-state index contributed by atoms with van der Waals surface area (Å²) in [4.78, 5) is 26.0. The van der Waals surface area contributed by atoms with Gasteiger partial charge in [0, 0.05) is 6.07 Å². The van der Waals surface area contributed by atoms with Gasteiger partial charge in [-0.05, 0) is 18.2 Å². The second-order valence-electron chi connectivity index (χ2n) is 4.28. The monoisotopic (exact) mass is 300 g/mol. The molecule has 21 heavy (non-hydrogen) atoms. The number of nitrogens with one attached hydrogen (secondary N) is 1. The van der Waals surface area contributed by atoms with E-state index in [-0.39, 0.29) is 18.0 Å². The summed E-state index contributed by atoms with van der Waals surface area (Å²) in [5.74, 6) is -0.715. The molecule has 2 aromatic rings. The predicted molar refractivity (Wildman–Crippen MR) is 66.6 cm³/mol. The molecule has 0 saturated carbocycles. The Morgan fingerprint density at radius 2 is 2.00 bits per heavy atom. The van der Waals surface area contributed by atoms with E-state index in [1.165, 1.54) is 30.5 Å². The zero-order valence-electron chi connectivity index (χ0n) is 10.7. The van der Waals surface area contributed by atoms with Crippen molar-refractivity contribution in [1.82, 2.24) is 9.88 Å². The fraction of sp³-hybridized carbons (Fsp3) is 0.231. The second kappa shape index (κ2) is 5.86. The van der Waals surface area contributed by atoms with E-state index in [4.69, 9.17) is 4.42 Å². The Hall–Kier alpha value is -2.51. The number of hydrogen-bond donors (Lipinski definition) is 1. The Morgan fingerprint density at radius 1 is 1.24 bits per heavy atom. The third-order valence-electron chi connectivity index (χ3n) is 2.58. The summed E-state index contributed by atoms with van der Waals surface area (Å²) in [5, 5.41) is 0. The number of carbonyl (C=O) groups excluding carboxylic acids is 1. The molecule has 2 aromatic heterocycles. The molecular weight excluding hydrogens is 289 g/mol. The molecule has 1 amide bonds. The third kappa shape index (κ3) is 4.23. The van der Waals surface area contributed by atoms with Crippen LogP contribution in [0.3, 0.4) is 0 Å². The van der Waals surface area contributed by atoms with Crippen LogP contribution in [0.4, 0.5) is 13.2 Å². The van der Waals surface area contributed by atoms with Gasteiger partial charge in [-0.2, -0.15) is 13.2 Å². The van der Waals surface area contributed by atoms with Crippen LogP contribution in [-0.4, -0.2) is 28.5 Å². The molecule has 0 spiro atoms. The zero-order chi connectivity index (χ0) is 15.5. The first-order valence-corrected chi connectivity index (χ1v) is 5.93. The molecule has 0 fully saturated rings. The van der Waals surface area contributed by atoms with Gasteiger partial charge in [0.1, 0.15) is 18.0 Å². The fourth-order valence-corrected chi connectivity index (χ4v) is 1.75. The standard InChI is InChI=1S/C13H11F3N2O3/c14-13(15,16)8-18(7-9-3-2-6-21-9)12(20)10-4-1-5-11(19)17-10/h1-6H,7-8H2,(H,17,19).